The van der Waals surface area contributed by atoms with Crippen LogP contribution in [0.5, 0.6) is 0 Å². The standard InChI is InChI=1S/C27H25Cl2N2O5P/c1-27(2,37(33,34)35)19-10-6-7-11-22(19)30-24(32)15-14-23-25(18-12-13-20(28)21(29)16-18)31-26(36-23)17-8-4-3-5-9-17/h3-13,16H,14-15H2,1-2H3,(H,30,32)(H2,33,34,35). The zero-order chi connectivity index (χ0) is 26.8. The zero-order valence-corrected chi connectivity index (χ0v) is 22.5. The summed E-state index contributed by atoms with van der Waals surface area (Å²) < 4.78 is 18.2. The first kappa shape index (κ1) is 27.1. The van der Waals surface area contributed by atoms with Gasteiger partial charge in [0.1, 0.15) is 11.5 Å². The third-order valence-electron chi connectivity index (χ3n) is 6.08. The van der Waals surface area contributed by atoms with E-state index in [9.17, 15) is 19.1 Å². The average Bonchev–Trinajstić information content (AvgIpc) is 3.29. The molecule has 0 radical (unpaired) electrons. The van der Waals surface area contributed by atoms with Gasteiger partial charge in [-0.1, -0.05) is 65.7 Å². The van der Waals surface area contributed by atoms with E-state index in [4.69, 9.17) is 27.6 Å². The SMILES string of the molecule is CC(C)(c1ccccc1NC(=O)CCc1oc(-c2ccccc2)nc1-c1ccc(Cl)c(Cl)c1)P(=O)(O)O. The number of nitrogens with one attached hydrogen (secondary N) is 1. The minimum atomic E-state index is -4.49. The van der Waals surface area contributed by atoms with E-state index in [1.54, 1.807) is 42.5 Å². The number of aromatic nitrogens is 1. The Morgan fingerprint density at radius 3 is 2.32 bits per heavy atom. The summed E-state index contributed by atoms with van der Waals surface area (Å²) in [5.74, 6) is 0.564. The van der Waals surface area contributed by atoms with Crippen LogP contribution in [0, 0.1) is 0 Å². The first-order chi connectivity index (χ1) is 17.5. The molecular formula is C27H25Cl2N2O5P. The molecule has 192 valence electrons. The lowest BCUT2D eigenvalue weighted by Crippen LogP contribution is -2.21. The summed E-state index contributed by atoms with van der Waals surface area (Å²) in [5, 5.41) is 2.10. The molecule has 0 atom stereocenters. The molecule has 3 N–H and O–H groups in total. The molecule has 0 saturated heterocycles. The normalized spacial score (nSPS) is 11.9. The highest BCUT2D eigenvalue weighted by molar-refractivity contribution is 7.53. The molecule has 10 heteroatoms. The maximum absolute atomic E-state index is 12.9. The third kappa shape index (κ3) is 5.98. The first-order valence-electron chi connectivity index (χ1n) is 11.4. The lowest BCUT2D eigenvalue weighted by atomic mass is 10.00. The fraction of sp³-hybridized carbons (Fsp3) is 0.185. The predicted octanol–water partition coefficient (Wildman–Crippen LogP) is 7.30. The number of aryl methyl sites for hydroxylation is 1. The van der Waals surface area contributed by atoms with Gasteiger partial charge < -0.3 is 19.5 Å². The van der Waals surface area contributed by atoms with E-state index in [1.165, 1.54) is 13.8 Å². The monoisotopic (exact) mass is 558 g/mol. The number of nitrogens with zero attached hydrogens (tertiary/aromatic N) is 1. The van der Waals surface area contributed by atoms with Gasteiger partial charge in [-0.25, -0.2) is 4.98 Å². The van der Waals surface area contributed by atoms with Crippen LogP contribution in [0.15, 0.2) is 77.2 Å². The van der Waals surface area contributed by atoms with Gasteiger partial charge in [-0.05, 0) is 49.7 Å². The number of carbonyl (C=O) groups is 1. The average molecular weight is 559 g/mol. The van der Waals surface area contributed by atoms with Crippen LogP contribution in [0.4, 0.5) is 5.69 Å². The summed E-state index contributed by atoms with van der Waals surface area (Å²) in [6.45, 7) is 2.89. The Labute approximate surface area is 224 Å². The van der Waals surface area contributed by atoms with Crippen LogP contribution in [-0.4, -0.2) is 20.7 Å². The lowest BCUT2D eigenvalue weighted by Gasteiger charge is -2.28. The van der Waals surface area contributed by atoms with Crippen LogP contribution in [-0.2, 0) is 20.9 Å². The van der Waals surface area contributed by atoms with Gasteiger partial charge in [0.05, 0.1) is 15.2 Å². The maximum Gasteiger partial charge on any atom is 0.335 e. The van der Waals surface area contributed by atoms with Gasteiger partial charge in [0.25, 0.3) is 0 Å². The molecule has 0 fully saturated rings. The summed E-state index contributed by atoms with van der Waals surface area (Å²) in [7, 11) is -4.49. The van der Waals surface area contributed by atoms with Gasteiger partial charge >= 0.3 is 7.60 Å². The summed E-state index contributed by atoms with van der Waals surface area (Å²) in [5.41, 5.74) is 2.72. The molecule has 1 amide bonds. The minimum absolute atomic E-state index is 0.0441. The molecule has 3 aromatic carbocycles. The molecule has 0 unspecified atom stereocenters. The number of halogens is 2. The van der Waals surface area contributed by atoms with Gasteiger partial charge in [0, 0.05) is 29.7 Å². The summed E-state index contributed by atoms with van der Waals surface area (Å²) in [6.07, 6.45) is 0.272. The van der Waals surface area contributed by atoms with E-state index < -0.39 is 12.8 Å². The second-order valence-electron chi connectivity index (χ2n) is 8.98. The van der Waals surface area contributed by atoms with Gasteiger partial charge in [-0.2, -0.15) is 0 Å². The topological polar surface area (TPSA) is 113 Å². The van der Waals surface area contributed by atoms with Gasteiger partial charge in [-0.3, -0.25) is 9.36 Å². The van der Waals surface area contributed by atoms with Crippen molar-refractivity contribution in [3.63, 3.8) is 0 Å². The Balaban J connectivity index is 1.60. The van der Waals surface area contributed by atoms with Crippen molar-refractivity contribution >= 4 is 42.4 Å². The van der Waals surface area contributed by atoms with Crippen LogP contribution < -0.4 is 5.32 Å². The molecule has 1 heterocycles. The number of carbonyl (C=O) groups excluding carboxylic acids is 1. The summed E-state index contributed by atoms with van der Waals surface area (Å²) in [4.78, 5) is 37.3. The van der Waals surface area contributed by atoms with Crippen molar-refractivity contribution in [1.82, 2.24) is 4.98 Å². The Morgan fingerprint density at radius 1 is 0.973 bits per heavy atom. The highest BCUT2D eigenvalue weighted by atomic mass is 35.5. The molecule has 4 aromatic rings. The largest absolute Gasteiger partial charge is 0.440 e. The van der Waals surface area contributed by atoms with Gasteiger partial charge in [0.15, 0.2) is 0 Å². The number of rotatable bonds is 8. The fourth-order valence-electron chi connectivity index (χ4n) is 3.82. The number of hydrogen-bond acceptors (Lipinski definition) is 4. The summed E-state index contributed by atoms with van der Waals surface area (Å²) in [6, 6.07) is 21.1. The molecule has 0 spiro atoms. The fourth-order valence-corrected chi connectivity index (χ4v) is 4.62. The quantitative estimate of drug-likeness (QED) is 0.195. The molecule has 7 nitrogen and oxygen atoms in total. The second-order valence-corrected chi connectivity index (χ2v) is 12.0. The lowest BCUT2D eigenvalue weighted by molar-refractivity contribution is -0.116. The van der Waals surface area contributed by atoms with E-state index in [1.807, 2.05) is 30.3 Å². The van der Waals surface area contributed by atoms with Crippen LogP contribution in [0.25, 0.3) is 22.7 Å². The number of hydrogen-bond donors (Lipinski definition) is 3. The first-order valence-corrected chi connectivity index (χ1v) is 13.8. The number of amides is 1. The molecule has 0 aliphatic carbocycles. The van der Waals surface area contributed by atoms with Crippen molar-refractivity contribution in [1.29, 1.82) is 0 Å². The van der Waals surface area contributed by atoms with Gasteiger partial charge in [0.2, 0.25) is 11.8 Å². The zero-order valence-electron chi connectivity index (χ0n) is 20.1. The van der Waals surface area contributed by atoms with Crippen molar-refractivity contribution in [2.45, 2.75) is 31.8 Å². The van der Waals surface area contributed by atoms with E-state index in [-0.39, 0.29) is 18.7 Å². The molecule has 0 saturated carbocycles. The molecule has 4 rings (SSSR count). The van der Waals surface area contributed by atoms with Gasteiger partial charge in [-0.15, -0.1) is 0 Å². The van der Waals surface area contributed by atoms with Crippen molar-refractivity contribution in [2.75, 3.05) is 5.32 Å². The Morgan fingerprint density at radius 2 is 1.65 bits per heavy atom. The molecule has 37 heavy (non-hydrogen) atoms. The Bertz CT molecular complexity index is 1480. The predicted molar refractivity (Wildman–Crippen MR) is 146 cm³/mol. The number of oxazole rings is 1. The van der Waals surface area contributed by atoms with Crippen LogP contribution >= 0.6 is 30.8 Å². The molecule has 0 aliphatic rings. The number of benzene rings is 3. The van der Waals surface area contributed by atoms with E-state index in [2.05, 4.69) is 10.3 Å². The van der Waals surface area contributed by atoms with E-state index in [0.717, 1.165) is 5.56 Å². The van der Waals surface area contributed by atoms with E-state index >= 15 is 0 Å². The Kier molecular flexibility index (Phi) is 7.93. The minimum Gasteiger partial charge on any atom is -0.440 e. The van der Waals surface area contributed by atoms with Crippen LogP contribution in [0.3, 0.4) is 0 Å². The molecule has 0 bridgehead atoms. The van der Waals surface area contributed by atoms with E-state index in [0.29, 0.717) is 44.2 Å². The number of anilines is 1. The summed E-state index contributed by atoms with van der Waals surface area (Å²) >= 11 is 12.3. The highest BCUT2D eigenvalue weighted by Gasteiger charge is 2.41. The van der Waals surface area contributed by atoms with Crippen molar-refractivity contribution in [2.24, 2.45) is 0 Å². The third-order valence-corrected chi connectivity index (χ3v) is 8.52. The van der Waals surface area contributed by atoms with Crippen LogP contribution in [0.1, 0.15) is 31.6 Å². The smallest absolute Gasteiger partial charge is 0.335 e. The van der Waals surface area contributed by atoms with Crippen molar-refractivity contribution in [3.8, 4) is 22.7 Å². The second kappa shape index (κ2) is 10.8. The van der Waals surface area contributed by atoms with Crippen molar-refractivity contribution < 1.29 is 23.6 Å². The van der Waals surface area contributed by atoms with Crippen molar-refractivity contribution in [3.05, 3.63) is 94.2 Å². The molecular weight excluding hydrogens is 534 g/mol. The van der Waals surface area contributed by atoms with Crippen LogP contribution in [0.2, 0.25) is 10.0 Å². The molecule has 0 aliphatic heterocycles. The number of para-hydroxylation sites is 1. The molecule has 1 aromatic heterocycles. The maximum atomic E-state index is 12.9. The highest BCUT2D eigenvalue weighted by Crippen LogP contribution is 2.57. The Hall–Kier alpha value is -2.93.